The number of carboxylic acid groups (broad SMARTS) is 1. The van der Waals surface area contributed by atoms with Gasteiger partial charge in [-0.1, -0.05) is 6.92 Å². The van der Waals surface area contributed by atoms with Crippen LogP contribution in [0.4, 0.5) is 0 Å². The molecule has 0 spiro atoms. The summed E-state index contributed by atoms with van der Waals surface area (Å²) >= 11 is 1.67. The van der Waals surface area contributed by atoms with Crippen molar-refractivity contribution in [2.75, 3.05) is 18.6 Å². The van der Waals surface area contributed by atoms with Crippen LogP contribution < -0.4 is 5.32 Å². The summed E-state index contributed by atoms with van der Waals surface area (Å²) < 4.78 is 0. The molecule has 0 aromatic heterocycles. The van der Waals surface area contributed by atoms with Gasteiger partial charge in [-0.3, -0.25) is 14.4 Å². The number of ketones is 2. The monoisotopic (exact) mass is 285 g/mol. The molecule has 2 N–H and O–H groups in total. The first-order valence-corrected chi connectivity index (χ1v) is 7.65. The lowest BCUT2D eigenvalue weighted by molar-refractivity contribution is -0.146. The standard InChI is InChI=1S/C13H19NO4S/c1-3-9(14-4-5-19-2)12-10(15)6-8(13(17)18)7-11(12)16/h8,14H,3-7H2,1-2H3,(H,17,18). The van der Waals surface area contributed by atoms with Crippen molar-refractivity contribution in [3.8, 4) is 0 Å². The Labute approximate surface area is 116 Å². The maximum atomic E-state index is 12.0. The minimum absolute atomic E-state index is 0.0793. The summed E-state index contributed by atoms with van der Waals surface area (Å²) in [5.74, 6) is -1.76. The van der Waals surface area contributed by atoms with Crippen molar-refractivity contribution in [2.45, 2.75) is 26.2 Å². The summed E-state index contributed by atoms with van der Waals surface area (Å²) in [7, 11) is 0. The Morgan fingerprint density at radius 3 is 2.37 bits per heavy atom. The van der Waals surface area contributed by atoms with Crippen LogP contribution in [0.15, 0.2) is 11.3 Å². The Balaban J connectivity index is 2.87. The van der Waals surface area contributed by atoms with E-state index in [9.17, 15) is 14.4 Å². The van der Waals surface area contributed by atoms with E-state index in [4.69, 9.17) is 5.11 Å². The molecule has 1 fully saturated rings. The Hall–Kier alpha value is -1.30. The maximum Gasteiger partial charge on any atom is 0.307 e. The summed E-state index contributed by atoms with van der Waals surface area (Å²) in [4.78, 5) is 34.8. The summed E-state index contributed by atoms with van der Waals surface area (Å²) in [6.07, 6.45) is 2.39. The molecule has 0 aliphatic heterocycles. The molecule has 106 valence electrons. The molecule has 19 heavy (non-hydrogen) atoms. The number of allylic oxidation sites excluding steroid dienone is 2. The molecule has 1 saturated carbocycles. The number of carboxylic acids is 1. The van der Waals surface area contributed by atoms with E-state index in [1.807, 2.05) is 13.2 Å². The number of hydrogen-bond donors (Lipinski definition) is 2. The summed E-state index contributed by atoms with van der Waals surface area (Å²) in [5, 5.41) is 12.0. The quantitative estimate of drug-likeness (QED) is 0.434. The fourth-order valence-electron chi connectivity index (χ4n) is 2.08. The van der Waals surface area contributed by atoms with Gasteiger partial charge in [0.25, 0.3) is 0 Å². The van der Waals surface area contributed by atoms with Crippen LogP contribution in [0.5, 0.6) is 0 Å². The Morgan fingerprint density at radius 1 is 1.37 bits per heavy atom. The van der Waals surface area contributed by atoms with Crippen LogP contribution in [0.2, 0.25) is 0 Å². The van der Waals surface area contributed by atoms with E-state index in [-0.39, 0.29) is 30.0 Å². The number of nitrogens with one attached hydrogen (secondary N) is 1. The molecule has 0 bridgehead atoms. The molecule has 1 rings (SSSR count). The van der Waals surface area contributed by atoms with Crippen molar-refractivity contribution in [2.24, 2.45) is 5.92 Å². The zero-order valence-corrected chi connectivity index (χ0v) is 12.0. The van der Waals surface area contributed by atoms with E-state index in [1.54, 1.807) is 11.8 Å². The van der Waals surface area contributed by atoms with Crippen molar-refractivity contribution < 1.29 is 19.5 Å². The lowest BCUT2D eigenvalue weighted by Gasteiger charge is -2.21. The molecule has 0 radical (unpaired) electrons. The summed E-state index contributed by atoms with van der Waals surface area (Å²) in [5.41, 5.74) is 0.828. The van der Waals surface area contributed by atoms with Crippen LogP contribution >= 0.6 is 11.8 Å². The van der Waals surface area contributed by atoms with Gasteiger partial charge in [0.05, 0.1) is 11.5 Å². The van der Waals surface area contributed by atoms with Crippen LogP contribution in [0, 0.1) is 5.92 Å². The molecule has 5 nitrogen and oxygen atoms in total. The fourth-order valence-corrected chi connectivity index (χ4v) is 2.39. The lowest BCUT2D eigenvalue weighted by atomic mass is 9.82. The topological polar surface area (TPSA) is 83.5 Å². The van der Waals surface area contributed by atoms with Gasteiger partial charge in [-0.2, -0.15) is 11.8 Å². The van der Waals surface area contributed by atoms with E-state index >= 15 is 0 Å². The lowest BCUT2D eigenvalue weighted by Crippen LogP contribution is -2.33. The first-order valence-electron chi connectivity index (χ1n) is 6.26. The van der Waals surface area contributed by atoms with E-state index in [2.05, 4.69) is 5.32 Å². The second-order valence-corrected chi connectivity index (χ2v) is 5.40. The second-order valence-electron chi connectivity index (χ2n) is 4.42. The molecular formula is C13H19NO4S. The largest absolute Gasteiger partial charge is 0.481 e. The fraction of sp³-hybridized carbons (Fsp3) is 0.615. The maximum absolute atomic E-state index is 12.0. The Kier molecular flexibility index (Phi) is 6.08. The molecule has 1 aliphatic rings. The van der Waals surface area contributed by atoms with Crippen LogP contribution in [0.3, 0.4) is 0 Å². The van der Waals surface area contributed by atoms with Gasteiger partial charge in [0, 0.05) is 30.8 Å². The number of Topliss-reactive ketones (excluding diaryl/α,β-unsaturated/α-hetero) is 2. The normalized spacial score (nSPS) is 19.5. The smallest absolute Gasteiger partial charge is 0.307 e. The number of carbonyl (C=O) groups excluding carboxylic acids is 2. The average molecular weight is 285 g/mol. The highest BCUT2D eigenvalue weighted by Gasteiger charge is 2.35. The first kappa shape index (κ1) is 15.8. The van der Waals surface area contributed by atoms with Crippen LogP contribution in [-0.4, -0.2) is 41.2 Å². The van der Waals surface area contributed by atoms with Crippen molar-refractivity contribution >= 4 is 29.3 Å². The highest BCUT2D eigenvalue weighted by atomic mass is 32.2. The number of aliphatic carboxylic acids is 1. The van der Waals surface area contributed by atoms with Crippen molar-refractivity contribution in [1.29, 1.82) is 0 Å². The third kappa shape index (κ3) is 4.09. The Bertz CT molecular complexity index is 397. The van der Waals surface area contributed by atoms with E-state index in [0.29, 0.717) is 18.7 Å². The zero-order chi connectivity index (χ0) is 14.4. The average Bonchev–Trinajstić information content (AvgIpc) is 2.35. The SMILES string of the molecule is CCC(NCCSC)=C1C(=O)CC(C(=O)O)CC1=O. The van der Waals surface area contributed by atoms with E-state index in [1.165, 1.54) is 0 Å². The number of hydrogen-bond acceptors (Lipinski definition) is 5. The predicted molar refractivity (Wildman–Crippen MR) is 74.1 cm³/mol. The molecule has 0 amide bonds. The van der Waals surface area contributed by atoms with Crippen LogP contribution in [0.25, 0.3) is 0 Å². The molecule has 0 unspecified atom stereocenters. The second kappa shape index (κ2) is 7.33. The third-order valence-corrected chi connectivity index (χ3v) is 3.68. The first-order chi connectivity index (χ1) is 9.01. The molecular weight excluding hydrogens is 266 g/mol. The molecule has 0 atom stereocenters. The molecule has 0 saturated heterocycles. The van der Waals surface area contributed by atoms with E-state index < -0.39 is 11.9 Å². The third-order valence-electron chi connectivity index (χ3n) is 3.07. The van der Waals surface area contributed by atoms with Crippen molar-refractivity contribution in [3.05, 3.63) is 11.3 Å². The zero-order valence-electron chi connectivity index (χ0n) is 11.2. The van der Waals surface area contributed by atoms with Gasteiger partial charge in [-0.05, 0) is 12.7 Å². The number of thioether (sulfide) groups is 1. The summed E-state index contributed by atoms with van der Waals surface area (Å²) in [6, 6.07) is 0. The van der Waals surface area contributed by atoms with Crippen LogP contribution in [0.1, 0.15) is 26.2 Å². The minimum atomic E-state index is -1.07. The van der Waals surface area contributed by atoms with Gasteiger partial charge in [0.15, 0.2) is 11.6 Å². The minimum Gasteiger partial charge on any atom is -0.481 e. The van der Waals surface area contributed by atoms with Crippen LogP contribution in [-0.2, 0) is 14.4 Å². The van der Waals surface area contributed by atoms with Gasteiger partial charge in [-0.25, -0.2) is 0 Å². The molecule has 0 aromatic rings. The van der Waals surface area contributed by atoms with Crippen molar-refractivity contribution in [3.63, 3.8) is 0 Å². The van der Waals surface area contributed by atoms with Gasteiger partial charge < -0.3 is 10.4 Å². The van der Waals surface area contributed by atoms with Gasteiger partial charge in [-0.15, -0.1) is 0 Å². The van der Waals surface area contributed by atoms with E-state index in [0.717, 1.165) is 5.75 Å². The Morgan fingerprint density at radius 2 is 1.95 bits per heavy atom. The van der Waals surface area contributed by atoms with Gasteiger partial charge in [0.1, 0.15) is 0 Å². The molecule has 0 heterocycles. The number of rotatable bonds is 6. The van der Waals surface area contributed by atoms with Crippen molar-refractivity contribution in [1.82, 2.24) is 5.32 Å². The number of carbonyl (C=O) groups is 3. The highest BCUT2D eigenvalue weighted by molar-refractivity contribution is 7.98. The molecule has 1 aliphatic carbocycles. The molecule has 0 aromatic carbocycles. The van der Waals surface area contributed by atoms with Gasteiger partial charge in [0.2, 0.25) is 0 Å². The van der Waals surface area contributed by atoms with Gasteiger partial charge >= 0.3 is 5.97 Å². The highest BCUT2D eigenvalue weighted by Crippen LogP contribution is 2.25. The predicted octanol–water partition coefficient (Wildman–Crippen LogP) is 1.24. The summed E-state index contributed by atoms with van der Waals surface area (Å²) in [6.45, 7) is 2.56. The molecule has 6 heteroatoms.